The summed E-state index contributed by atoms with van der Waals surface area (Å²) in [6.45, 7) is 7.94. The van der Waals surface area contributed by atoms with Gasteiger partial charge in [0.2, 0.25) is 5.79 Å². The van der Waals surface area contributed by atoms with Crippen molar-refractivity contribution in [3.05, 3.63) is 0 Å². The Morgan fingerprint density at radius 3 is 2.75 bits per heavy atom. The lowest BCUT2D eigenvalue weighted by atomic mass is 9.58. The third-order valence-corrected chi connectivity index (χ3v) is 6.73. The molecule has 0 aromatic rings. The Labute approximate surface area is 144 Å². The van der Waals surface area contributed by atoms with E-state index in [0.29, 0.717) is 24.4 Å². The molecule has 2 bridgehead atoms. The Morgan fingerprint density at radius 2 is 1.96 bits per heavy atom. The number of hydrogen-bond donors (Lipinski definition) is 1. The van der Waals surface area contributed by atoms with Crippen LogP contribution in [0.2, 0.25) is 0 Å². The molecule has 1 saturated carbocycles. The summed E-state index contributed by atoms with van der Waals surface area (Å²) in [4.78, 5) is 11.9. The van der Waals surface area contributed by atoms with Gasteiger partial charge < -0.3 is 19.5 Å². The minimum atomic E-state index is -0.715. The molecule has 1 spiro atoms. The van der Waals surface area contributed by atoms with Crippen LogP contribution in [0.3, 0.4) is 0 Å². The van der Waals surface area contributed by atoms with E-state index in [1.54, 1.807) is 0 Å². The topological polar surface area (TPSA) is 58.2 Å². The van der Waals surface area contributed by atoms with Crippen LogP contribution in [-0.4, -0.2) is 44.2 Å². The molecule has 5 rings (SSSR count). The number of fused-ring (bicyclic) bond motifs is 2. The first-order valence-corrected chi connectivity index (χ1v) is 9.46. The Hall–Kier alpha value is -0.240. The van der Waals surface area contributed by atoms with Crippen molar-refractivity contribution in [3.8, 4) is 0 Å². The SMILES string of the molecule is CNCCOC1O[C@@H]2O[C@]3(C)CCC4[C@H](C)CCC([C@H]1C)C42OO3. The van der Waals surface area contributed by atoms with Gasteiger partial charge in [-0.15, -0.1) is 0 Å². The first-order chi connectivity index (χ1) is 11.5. The maximum absolute atomic E-state index is 6.33. The summed E-state index contributed by atoms with van der Waals surface area (Å²) in [7, 11) is 1.93. The molecule has 4 unspecified atom stereocenters. The molecular formula is C18H31NO5. The molecule has 0 radical (unpaired) electrons. The summed E-state index contributed by atoms with van der Waals surface area (Å²) in [5.74, 6) is 0.871. The van der Waals surface area contributed by atoms with E-state index in [-0.39, 0.29) is 12.2 Å². The van der Waals surface area contributed by atoms with Crippen LogP contribution in [0.15, 0.2) is 0 Å². The fourth-order valence-electron chi connectivity index (χ4n) is 5.34. The predicted molar refractivity (Wildman–Crippen MR) is 86.7 cm³/mol. The molecule has 0 amide bonds. The second kappa shape index (κ2) is 6.18. The van der Waals surface area contributed by atoms with E-state index in [9.17, 15) is 0 Å². The number of ether oxygens (including phenoxy) is 3. The van der Waals surface area contributed by atoms with Crippen molar-refractivity contribution in [1.29, 1.82) is 0 Å². The van der Waals surface area contributed by atoms with Gasteiger partial charge in [-0.05, 0) is 45.1 Å². The van der Waals surface area contributed by atoms with E-state index in [1.807, 2.05) is 14.0 Å². The Balaban J connectivity index is 1.64. The Bertz CT molecular complexity index is 476. The zero-order chi connectivity index (χ0) is 16.9. The van der Waals surface area contributed by atoms with Crippen LogP contribution in [0.1, 0.15) is 46.5 Å². The van der Waals surface area contributed by atoms with Crippen LogP contribution >= 0.6 is 0 Å². The molecule has 4 saturated heterocycles. The molecule has 8 atom stereocenters. The lowest BCUT2D eigenvalue weighted by Gasteiger charge is -2.60. The number of likely N-dealkylation sites (N-methyl/N-ethyl adjacent to an activating group) is 1. The lowest BCUT2D eigenvalue weighted by molar-refractivity contribution is -0.577. The first-order valence-electron chi connectivity index (χ1n) is 9.46. The van der Waals surface area contributed by atoms with Crippen molar-refractivity contribution >= 4 is 0 Å². The van der Waals surface area contributed by atoms with Crippen molar-refractivity contribution in [1.82, 2.24) is 5.32 Å². The van der Waals surface area contributed by atoms with Crippen LogP contribution < -0.4 is 5.32 Å². The number of hydrogen-bond acceptors (Lipinski definition) is 6. The van der Waals surface area contributed by atoms with E-state index in [2.05, 4.69) is 19.2 Å². The molecule has 0 aromatic heterocycles. The summed E-state index contributed by atoms with van der Waals surface area (Å²) in [6.07, 6.45) is 3.57. The van der Waals surface area contributed by atoms with Crippen molar-refractivity contribution in [2.45, 2.75) is 70.4 Å². The zero-order valence-corrected chi connectivity index (χ0v) is 15.2. The van der Waals surface area contributed by atoms with Gasteiger partial charge >= 0.3 is 0 Å². The monoisotopic (exact) mass is 341 g/mol. The van der Waals surface area contributed by atoms with Gasteiger partial charge in [-0.3, -0.25) is 0 Å². The maximum Gasteiger partial charge on any atom is 0.201 e. The van der Waals surface area contributed by atoms with Gasteiger partial charge in [0.15, 0.2) is 18.2 Å². The highest BCUT2D eigenvalue weighted by Gasteiger charge is 2.69. The minimum Gasteiger partial charge on any atom is -0.351 e. The summed E-state index contributed by atoms with van der Waals surface area (Å²) >= 11 is 0. The summed E-state index contributed by atoms with van der Waals surface area (Å²) in [6, 6.07) is 0. The summed E-state index contributed by atoms with van der Waals surface area (Å²) < 4.78 is 18.6. The molecule has 6 heteroatoms. The standard InChI is InChI=1S/C18H31NO5/c1-11-5-6-14-12(2)15(20-10-9-19-4)21-16-18(14)13(11)7-8-17(3,22-16)23-24-18/h11-16,19H,5-10H2,1-4H3/t11-,12-,13?,14?,15?,16-,17+,18?/m1/s1. The van der Waals surface area contributed by atoms with Crippen LogP contribution in [0.5, 0.6) is 0 Å². The molecule has 4 heterocycles. The van der Waals surface area contributed by atoms with Crippen molar-refractivity contribution in [2.75, 3.05) is 20.2 Å². The van der Waals surface area contributed by atoms with Crippen LogP contribution in [0.25, 0.3) is 0 Å². The molecule has 24 heavy (non-hydrogen) atoms. The summed E-state index contributed by atoms with van der Waals surface area (Å²) in [5, 5.41) is 3.11. The molecule has 1 aliphatic carbocycles. The molecule has 4 aliphatic heterocycles. The van der Waals surface area contributed by atoms with Gasteiger partial charge in [0.05, 0.1) is 6.61 Å². The normalized spacial score (nSPS) is 53.5. The fraction of sp³-hybridized carbons (Fsp3) is 1.00. The van der Waals surface area contributed by atoms with Gasteiger partial charge in [-0.25, -0.2) is 9.78 Å². The maximum atomic E-state index is 6.33. The first kappa shape index (κ1) is 17.2. The van der Waals surface area contributed by atoms with E-state index in [0.717, 1.165) is 25.8 Å². The van der Waals surface area contributed by atoms with Gasteiger partial charge in [-0.1, -0.05) is 13.8 Å². The molecule has 138 valence electrons. The second-order valence-corrected chi connectivity index (χ2v) is 8.25. The minimum absolute atomic E-state index is 0.250. The van der Waals surface area contributed by atoms with Crippen molar-refractivity contribution in [3.63, 3.8) is 0 Å². The molecule has 1 N–H and O–H groups in total. The van der Waals surface area contributed by atoms with Crippen molar-refractivity contribution < 1.29 is 24.0 Å². The zero-order valence-electron chi connectivity index (χ0n) is 15.2. The highest BCUT2D eigenvalue weighted by Crippen LogP contribution is 2.60. The van der Waals surface area contributed by atoms with Crippen molar-refractivity contribution in [2.24, 2.45) is 23.7 Å². The van der Waals surface area contributed by atoms with Crippen LogP contribution in [0, 0.1) is 23.7 Å². The fourth-order valence-corrected chi connectivity index (χ4v) is 5.34. The Kier molecular flexibility index (Phi) is 4.43. The van der Waals surface area contributed by atoms with Crippen LogP contribution in [0.4, 0.5) is 0 Å². The average molecular weight is 341 g/mol. The lowest BCUT2D eigenvalue weighted by Crippen LogP contribution is -2.70. The van der Waals surface area contributed by atoms with Gasteiger partial charge in [-0.2, -0.15) is 0 Å². The van der Waals surface area contributed by atoms with Gasteiger partial charge in [0.1, 0.15) is 0 Å². The average Bonchev–Trinajstić information content (AvgIpc) is 2.78. The number of nitrogens with one attached hydrogen (secondary N) is 1. The highest BCUT2D eigenvalue weighted by atomic mass is 17.3. The molecule has 5 aliphatic rings. The van der Waals surface area contributed by atoms with E-state index >= 15 is 0 Å². The smallest absolute Gasteiger partial charge is 0.201 e. The molecular weight excluding hydrogens is 310 g/mol. The number of rotatable bonds is 4. The Morgan fingerprint density at radius 1 is 1.12 bits per heavy atom. The highest BCUT2D eigenvalue weighted by molar-refractivity contribution is 5.09. The quantitative estimate of drug-likeness (QED) is 0.626. The molecule has 5 fully saturated rings. The van der Waals surface area contributed by atoms with Gasteiger partial charge in [0, 0.05) is 24.8 Å². The van der Waals surface area contributed by atoms with E-state index in [4.69, 9.17) is 24.0 Å². The third kappa shape index (κ3) is 2.46. The second-order valence-electron chi connectivity index (χ2n) is 8.25. The molecule has 0 aromatic carbocycles. The van der Waals surface area contributed by atoms with Crippen LogP contribution in [-0.2, 0) is 24.0 Å². The third-order valence-electron chi connectivity index (χ3n) is 6.73. The predicted octanol–water partition coefficient (Wildman–Crippen LogP) is 2.43. The van der Waals surface area contributed by atoms with E-state index in [1.165, 1.54) is 6.42 Å². The summed E-state index contributed by atoms with van der Waals surface area (Å²) in [5.41, 5.74) is -0.490. The molecule has 6 nitrogen and oxygen atoms in total. The van der Waals surface area contributed by atoms with E-state index < -0.39 is 17.7 Å². The van der Waals surface area contributed by atoms with Gasteiger partial charge in [0.25, 0.3) is 0 Å². The largest absolute Gasteiger partial charge is 0.351 e.